The van der Waals surface area contributed by atoms with Gasteiger partial charge < -0.3 is 0 Å². The maximum Gasteiger partial charge on any atom is 0.0258 e. The molecule has 0 amide bonds. The van der Waals surface area contributed by atoms with Crippen LogP contribution in [-0.4, -0.2) is 5.75 Å². The highest BCUT2D eigenvalue weighted by Gasteiger charge is 1.87. The molecule has 0 saturated heterocycles. The van der Waals surface area contributed by atoms with Crippen LogP contribution in [0.15, 0.2) is 15.7 Å². The van der Waals surface area contributed by atoms with Gasteiger partial charge in [-0.25, -0.2) is 0 Å². The lowest BCUT2D eigenvalue weighted by Crippen LogP contribution is -1.62. The third kappa shape index (κ3) is 1.53. The Hall–Kier alpha value is 0.0500. The van der Waals surface area contributed by atoms with Gasteiger partial charge in [0.05, 0.1) is 0 Å². The molecular formula is C6H7S2. The predicted molar refractivity (Wildman–Crippen MR) is 39.6 cm³/mol. The highest BCUT2D eigenvalue weighted by atomic mass is 32.2. The number of thioether (sulfide) groups is 1. The van der Waals surface area contributed by atoms with E-state index in [1.54, 1.807) is 11.3 Å². The maximum atomic E-state index is 3.12. The molecule has 0 saturated carbocycles. The van der Waals surface area contributed by atoms with Crippen molar-refractivity contribution in [3.63, 3.8) is 0 Å². The van der Waals surface area contributed by atoms with Crippen molar-refractivity contribution in [3.8, 4) is 0 Å². The third-order valence-corrected chi connectivity index (χ3v) is 2.35. The zero-order chi connectivity index (χ0) is 5.82. The molecule has 0 aromatic carbocycles. The summed E-state index contributed by atoms with van der Waals surface area (Å²) in [5, 5.41) is 4.10. The minimum absolute atomic E-state index is 1.15. The maximum absolute atomic E-state index is 3.12. The second-order valence-electron chi connectivity index (χ2n) is 1.31. The number of hydrogen-bond donors (Lipinski definition) is 0. The summed E-state index contributed by atoms with van der Waals surface area (Å²) in [4.78, 5) is 1.28. The first kappa shape index (κ1) is 6.17. The highest BCUT2D eigenvalue weighted by Crippen LogP contribution is 2.18. The summed E-state index contributed by atoms with van der Waals surface area (Å²) in [7, 11) is 0. The normalized spacial score (nSPS) is 9.62. The number of rotatable bonds is 2. The quantitative estimate of drug-likeness (QED) is 0.573. The van der Waals surface area contributed by atoms with Gasteiger partial charge in [0.2, 0.25) is 0 Å². The van der Waals surface area contributed by atoms with Crippen LogP contribution in [0.3, 0.4) is 0 Å². The van der Waals surface area contributed by atoms with E-state index in [9.17, 15) is 0 Å². The van der Waals surface area contributed by atoms with Gasteiger partial charge in [-0.2, -0.15) is 11.3 Å². The lowest BCUT2D eigenvalue weighted by Gasteiger charge is -1.85. The fourth-order valence-corrected chi connectivity index (χ4v) is 1.87. The summed E-state index contributed by atoms with van der Waals surface area (Å²) in [6, 6.07) is 3.12. The lowest BCUT2D eigenvalue weighted by atomic mass is 10.7. The minimum atomic E-state index is 1.15. The zero-order valence-corrected chi connectivity index (χ0v) is 6.31. The van der Waals surface area contributed by atoms with Crippen molar-refractivity contribution in [1.29, 1.82) is 0 Å². The molecule has 1 radical (unpaired) electrons. The Labute approximate surface area is 57.9 Å². The van der Waals surface area contributed by atoms with Crippen molar-refractivity contribution >= 4 is 23.1 Å². The number of hydrogen-bond acceptors (Lipinski definition) is 2. The first-order chi connectivity index (χ1) is 3.93. The Bertz CT molecular complexity index is 132. The van der Waals surface area contributed by atoms with Crippen LogP contribution in [-0.2, 0) is 0 Å². The molecule has 0 N–H and O–H groups in total. The Morgan fingerprint density at radius 1 is 1.88 bits per heavy atom. The van der Waals surface area contributed by atoms with E-state index >= 15 is 0 Å². The van der Waals surface area contributed by atoms with Crippen molar-refractivity contribution in [2.45, 2.75) is 11.8 Å². The van der Waals surface area contributed by atoms with Crippen molar-refractivity contribution in [1.82, 2.24) is 0 Å². The van der Waals surface area contributed by atoms with Gasteiger partial charge in [-0.3, -0.25) is 0 Å². The van der Waals surface area contributed by atoms with Gasteiger partial charge in [0.15, 0.2) is 0 Å². The summed E-state index contributed by atoms with van der Waals surface area (Å²) in [6.07, 6.45) is 0. The molecule has 0 unspecified atom stereocenters. The monoisotopic (exact) mass is 143 g/mol. The summed E-state index contributed by atoms with van der Waals surface area (Å²) in [5.74, 6) is 1.15. The summed E-state index contributed by atoms with van der Waals surface area (Å²) in [5.41, 5.74) is 0. The first-order valence-electron chi connectivity index (χ1n) is 2.50. The van der Waals surface area contributed by atoms with E-state index in [0.29, 0.717) is 0 Å². The first-order valence-corrected chi connectivity index (χ1v) is 4.43. The van der Waals surface area contributed by atoms with Crippen LogP contribution in [0.4, 0.5) is 0 Å². The average Bonchev–Trinajstić information content (AvgIpc) is 2.19. The molecule has 0 aliphatic rings. The van der Waals surface area contributed by atoms with Crippen LogP contribution in [0.5, 0.6) is 0 Å². The van der Waals surface area contributed by atoms with Crippen molar-refractivity contribution < 1.29 is 0 Å². The molecule has 2 heteroatoms. The van der Waals surface area contributed by atoms with Crippen LogP contribution in [0, 0.1) is 6.07 Å². The molecule has 1 aromatic heterocycles. The van der Waals surface area contributed by atoms with Gasteiger partial charge in [-0.1, -0.05) is 6.92 Å². The summed E-state index contributed by atoms with van der Waals surface area (Å²) < 4.78 is 0. The fraction of sp³-hybridized carbons (Fsp3) is 0.333. The van der Waals surface area contributed by atoms with Gasteiger partial charge in [0.1, 0.15) is 0 Å². The standard InChI is InChI=1S/C6H7S2/c1-2-8-6-3-4-7-5-6/h4-5H,2H2,1H3. The fourth-order valence-electron chi connectivity index (χ4n) is 0.453. The summed E-state index contributed by atoms with van der Waals surface area (Å²) >= 11 is 3.54. The molecule has 0 aliphatic carbocycles. The van der Waals surface area contributed by atoms with Gasteiger partial charge in [0.25, 0.3) is 0 Å². The van der Waals surface area contributed by atoms with E-state index < -0.39 is 0 Å². The van der Waals surface area contributed by atoms with E-state index in [0.717, 1.165) is 5.75 Å². The van der Waals surface area contributed by atoms with Gasteiger partial charge >= 0.3 is 0 Å². The average molecular weight is 143 g/mol. The largest absolute Gasteiger partial charge is 0.151 e. The van der Waals surface area contributed by atoms with Crippen LogP contribution in [0.25, 0.3) is 0 Å². The Kier molecular flexibility index (Phi) is 2.43. The second kappa shape index (κ2) is 3.15. The zero-order valence-electron chi connectivity index (χ0n) is 4.68. The van der Waals surface area contributed by atoms with Crippen LogP contribution in [0.1, 0.15) is 6.92 Å². The lowest BCUT2D eigenvalue weighted by molar-refractivity contribution is 1.48. The van der Waals surface area contributed by atoms with E-state index in [-0.39, 0.29) is 0 Å². The SMILES string of the molecule is CCSc1[c]csc1. The van der Waals surface area contributed by atoms with Crippen molar-refractivity contribution in [3.05, 3.63) is 16.8 Å². The van der Waals surface area contributed by atoms with E-state index in [1.807, 2.05) is 17.1 Å². The third-order valence-electron chi connectivity index (χ3n) is 0.744. The molecular weight excluding hydrogens is 136 g/mol. The topological polar surface area (TPSA) is 0 Å². The van der Waals surface area contributed by atoms with Gasteiger partial charge in [-0.05, 0) is 11.1 Å². The molecule has 43 valence electrons. The Morgan fingerprint density at radius 3 is 3.25 bits per heavy atom. The Morgan fingerprint density at radius 2 is 2.75 bits per heavy atom. The Balaban J connectivity index is 2.50. The molecule has 1 heterocycles. The highest BCUT2D eigenvalue weighted by molar-refractivity contribution is 7.99. The van der Waals surface area contributed by atoms with Crippen LogP contribution >= 0.6 is 23.1 Å². The smallest absolute Gasteiger partial charge is 0.0258 e. The predicted octanol–water partition coefficient (Wildman–Crippen LogP) is 2.66. The molecule has 1 aromatic rings. The van der Waals surface area contributed by atoms with Crippen LogP contribution in [0.2, 0.25) is 0 Å². The van der Waals surface area contributed by atoms with E-state index in [4.69, 9.17) is 0 Å². The molecule has 0 atom stereocenters. The molecule has 0 fully saturated rings. The van der Waals surface area contributed by atoms with Crippen molar-refractivity contribution in [2.75, 3.05) is 5.75 Å². The molecule has 1 rings (SSSR count). The second-order valence-corrected chi connectivity index (χ2v) is 3.36. The summed E-state index contributed by atoms with van der Waals surface area (Å²) in [6.45, 7) is 2.15. The van der Waals surface area contributed by atoms with Crippen LogP contribution < -0.4 is 0 Å². The number of thiophene rings is 1. The van der Waals surface area contributed by atoms with E-state index in [1.165, 1.54) is 4.90 Å². The minimum Gasteiger partial charge on any atom is -0.151 e. The van der Waals surface area contributed by atoms with Gasteiger partial charge in [0, 0.05) is 16.3 Å². The molecule has 8 heavy (non-hydrogen) atoms. The van der Waals surface area contributed by atoms with E-state index in [2.05, 4.69) is 18.4 Å². The van der Waals surface area contributed by atoms with Crippen molar-refractivity contribution in [2.24, 2.45) is 0 Å². The molecule has 0 aliphatic heterocycles. The van der Waals surface area contributed by atoms with Gasteiger partial charge in [-0.15, -0.1) is 11.8 Å². The molecule has 0 spiro atoms. The molecule has 0 bridgehead atoms. The molecule has 0 nitrogen and oxygen atoms in total.